The van der Waals surface area contributed by atoms with Crippen LogP contribution in [0.3, 0.4) is 0 Å². The Balaban J connectivity index is 1.60. The van der Waals surface area contributed by atoms with Gasteiger partial charge < -0.3 is 14.1 Å². The summed E-state index contributed by atoms with van der Waals surface area (Å²) in [4.78, 5) is 38.4. The standard InChI is InChI=1S/C19H23ClN2O7S/c1-3-21(14-7-9-30(26,27)11-14)18(24)12(2)28-17(23)6-8-22-15-5-4-13(20)10-16(15)29-19(22)25/h4-5,10,12,14H,3,6-9,11H2,1-2H3. The Bertz CT molecular complexity index is 1120. The predicted molar refractivity (Wildman–Crippen MR) is 110 cm³/mol. The summed E-state index contributed by atoms with van der Waals surface area (Å²) in [6.07, 6.45) is -0.820. The third-order valence-electron chi connectivity index (χ3n) is 5.10. The average Bonchev–Trinajstić information content (AvgIpc) is 3.18. The molecule has 30 heavy (non-hydrogen) atoms. The molecule has 1 aromatic carbocycles. The molecule has 2 heterocycles. The summed E-state index contributed by atoms with van der Waals surface area (Å²) in [5.41, 5.74) is 0.815. The van der Waals surface area contributed by atoms with E-state index < -0.39 is 39.6 Å². The van der Waals surface area contributed by atoms with Crippen molar-refractivity contribution in [2.24, 2.45) is 0 Å². The first kappa shape index (κ1) is 22.4. The molecule has 9 nitrogen and oxygen atoms in total. The van der Waals surface area contributed by atoms with Gasteiger partial charge in [-0.15, -0.1) is 0 Å². The molecule has 11 heteroatoms. The second-order valence-electron chi connectivity index (χ2n) is 7.19. The number of benzene rings is 1. The minimum Gasteiger partial charge on any atom is -0.452 e. The van der Waals surface area contributed by atoms with Gasteiger partial charge in [-0.25, -0.2) is 13.2 Å². The lowest BCUT2D eigenvalue weighted by molar-refractivity contribution is -0.160. The van der Waals surface area contributed by atoms with E-state index in [1.54, 1.807) is 19.1 Å². The zero-order valence-electron chi connectivity index (χ0n) is 16.7. The van der Waals surface area contributed by atoms with Crippen molar-refractivity contribution in [2.75, 3.05) is 18.1 Å². The number of sulfone groups is 1. The topological polar surface area (TPSA) is 116 Å². The van der Waals surface area contributed by atoms with Crippen LogP contribution in [-0.4, -0.2) is 60.0 Å². The van der Waals surface area contributed by atoms with Gasteiger partial charge in [0.1, 0.15) is 0 Å². The number of oxazole rings is 1. The Morgan fingerprint density at radius 1 is 1.40 bits per heavy atom. The Morgan fingerprint density at radius 2 is 2.13 bits per heavy atom. The van der Waals surface area contributed by atoms with Gasteiger partial charge >= 0.3 is 11.7 Å². The lowest BCUT2D eigenvalue weighted by Gasteiger charge is -2.29. The zero-order chi connectivity index (χ0) is 22.1. The van der Waals surface area contributed by atoms with Crippen LogP contribution in [0.4, 0.5) is 0 Å². The van der Waals surface area contributed by atoms with E-state index in [1.165, 1.54) is 22.5 Å². The molecule has 164 valence electrons. The normalized spacial score (nSPS) is 19.0. The van der Waals surface area contributed by atoms with E-state index in [2.05, 4.69) is 0 Å². The van der Waals surface area contributed by atoms with Crippen molar-refractivity contribution in [3.05, 3.63) is 33.8 Å². The third-order valence-corrected chi connectivity index (χ3v) is 7.08. The maximum atomic E-state index is 12.7. The van der Waals surface area contributed by atoms with Gasteiger partial charge in [-0.05, 0) is 32.4 Å². The number of amides is 1. The van der Waals surface area contributed by atoms with Gasteiger partial charge in [0.25, 0.3) is 5.91 Å². The fourth-order valence-electron chi connectivity index (χ4n) is 3.61. The van der Waals surface area contributed by atoms with Crippen molar-refractivity contribution in [3.8, 4) is 0 Å². The van der Waals surface area contributed by atoms with Crippen molar-refractivity contribution >= 4 is 44.4 Å². The van der Waals surface area contributed by atoms with Gasteiger partial charge in [0.15, 0.2) is 21.5 Å². The largest absolute Gasteiger partial charge is 0.452 e. The van der Waals surface area contributed by atoms with E-state index >= 15 is 0 Å². The molecule has 3 rings (SSSR count). The first-order chi connectivity index (χ1) is 14.1. The molecule has 2 aromatic rings. The molecule has 0 radical (unpaired) electrons. The molecule has 1 saturated heterocycles. The lowest BCUT2D eigenvalue weighted by Crippen LogP contribution is -2.46. The fraction of sp³-hybridized carbons (Fsp3) is 0.526. The highest BCUT2D eigenvalue weighted by Gasteiger charge is 2.36. The number of likely N-dealkylation sites (N-methyl/N-ethyl adjacent to an activating group) is 1. The Hall–Kier alpha value is -2.33. The molecule has 0 bridgehead atoms. The van der Waals surface area contributed by atoms with E-state index in [4.69, 9.17) is 20.8 Å². The summed E-state index contributed by atoms with van der Waals surface area (Å²) in [6, 6.07) is 4.33. The van der Waals surface area contributed by atoms with Crippen LogP contribution in [0.1, 0.15) is 26.7 Å². The first-order valence-corrected chi connectivity index (χ1v) is 11.8. The van der Waals surface area contributed by atoms with Gasteiger partial charge in [0, 0.05) is 30.2 Å². The molecule has 1 amide bonds. The summed E-state index contributed by atoms with van der Waals surface area (Å²) in [6.45, 7) is 3.54. The minimum atomic E-state index is -3.14. The van der Waals surface area contributed by atoms with Crippen molar-refractivity contribution in [2.45, 2.75) is 45.4 Å². The number of carbonyl (C=O) groups is 2. The van der Waals surface area contributed by atoms with Crippen molar-refractivity contribution < 1.29 is 27.2 Å². The van der Waals surface area contributed by atoms with E-state index in [1.807, 2.05) is 0 Å². The van der Waals surface area contributed by atoms with Crippen LogP contribution in [0.2, 0.25) is 5.02 Å². The third kappa shape index (κ3) is 4.86. The number of halogens is 1. The molecular formula is C19H23ClN2O7S. The van der Waals surface area contributed by atoms with Gasteiger partial charge in [-0.1, -0.05) is 11.6 Å². The molecule has 1 fully saturated rings. The summed E-state index contributed by atoms with van der Waals surface area (Å²) >= 11 is 5.88. The van der Waals surface area contributed by atoms with Crippen LogP contribution in [-0.2, 0) is 30.7 Å². The highest BCUT2D eigenvalue weighted by atomic mass is 35.5. The lowest BCUT2D eigenvalue weighted by atomic mass is 10.2. The molecule has 1 aromatic heterocycles. The highest BCUT2D eigenvalue weighted by molar-refractivity contribution is 7.91. The zero-order valence-corrected chi connectivity index (χ0v) is 18.2. The van der Waals surface area contributed by atoms with Crippen molar-refractivity contribution in [3.63, 3.8) is 0 Å². The molecule has 2 unspecified atom stereocenters. The number of ether oxygens (including phenoxy) is 1. The van der Waals surface area contributed by atoms with E-state index in [-0.39, 0.29) is 24.5 Å². The Kier molecular flexibility index (Phi) is 6.56. The number of esters is 1. The van der Waals surface area contributed by atoms with Gasteiger partial charge in [0.2, 0.25) is 0 Å². The fourth-order valence-corrected chi connectivity index (χ4v) is 5.50. The summed E-state index contributed by atoms with van der Waals surface area (Å²) in [7, 11) is -3.14. The van der Waals surface area contributed by atoms with Crippen LogP contribution in [0.15, 0.2) is 27.4 Å². The maximum absolute atomic E-state index is 12.7. The number of fused-ring (bicyclic) bond motifs is 1. The van der Waals surface area contributed by atoms with E-state index in [9.17, 15) is 22.8 Å². The molecule has 0 saturated carbocycles. The highest BCUT2D eigenvalue weighted by Crippen LogP contribution is 2.20. The van der Waals surface area contributed by atoms with Gasteiger partial charge in [-0.2, -0.15) is 0 Å². The van der Waals surface area contributed by atoms with E-state index in [0.717, 1.165) is 0 Å². The number of hydrogen-bond donors (Lipinski definition) is 0. The number of aryl methyl sites for hydroxylation is 1. The molecular weight excluding hydrogens is 436 g/mol. The molecule has 1 aliphatic heterocycles. The van der Waals surface area contributed by atoms with Crippen molar-refractivity contribution in [1.82, 2.24) is 9.47 Å². The second-order valence-corrected chi connectivity index (χ2v) is 9.86. The number of nitrogens with zero attached hydrogens (tertiary/aromatic N) is 2. The summed E-state index contributed by atoms with van der Waals surface area (Å²) in [5.74, 6) is -1.74. The van der Waals surface area contributed by atoms with Crippen LogP contribution in [0.5, 0.6) is 0 Å². The number of carbonyl (C=O) groups excluding carboxylic acids is 2. The summed E-state index contributed by atoms with van der Waals surface area (Å²) < 4.78 is 35.0. The average molecular weight is 459 g/mol. The first-order valence-electron chi connectivity index (χ1n) is 9.60. The van der Waals surface area contributed by atoms with Gasteiger partial charge in [-0.3, -0.25) is 14.2 Å². The quantitative estimate of drug-likeness (QED) is 0.578. The van der Waals surface area contributed by atoms with Crippen molar-refractivity contribution in [1.29, 1.82) is 0 Å². The minimum absolute atomic E-state index is 0.0194. The van der Waals surface area contributed by atoms with Crippen LogP contribution in [0, 0.1) is 0 Å². The van der Waals surface area contributed by atoms with Gasteiger partial charge in [0.05, 0.1) is 23.4 Å². The SMILES string of the molecule is CCN(C(=O)C(C)OC(=O)CCn1c(=O)oc2cc(Cl)ccc21)C1CCS(=O)(=O)C1. The molecule has 0 spiro atoms. The monoisotopic (exact) mass is 458 g/mol. The smallest absolute Gasteiger partial charge is 0.419 e. The number of aromatic nitrogens is 1. The molecule has 0 aliphatic carbocycles. The number of rotatable bonds is 7. The molecule has 2 atom stereocenters. The number of hydrogen-bond acceptors (Lipinski definition) is 7. The summed E-state index contributed by atoms with van der Waals surface area (Å²) in [5, 5.41) is 0.422. The van der Waals surface area contributed by atoms with E-state index in [0.29, 0.717) is 29.1 Å². The molecule has 0 N–H and O–H groups in total. The maximum Gasteiger partial charge on any atom is 0.419 e. The Morgan fingerprint density at radius 3 is 2.77 bits per heavy atom. The predicted octanol–water partition coefficient (Wildman–Crippen LogP) is 1.61. The molecule has 1 aliphatic rings. The van der Waals surface area contributed by atoms with Crippen LogP contribution < -0.4 is 5.76 Å². The Labute approximate surface area is 178 Å². The van der Waals surface area contributed by atoms with Crippen LogP contribution >= 0.6 is 11.6 Å². The second kappa shape index (κ2) is 8.81. The van der Waals surface area contributed by atoms with Crippen LogP contribution in [0.25, 0.3) is 11.1 Å².